The van der Waals surface area contributed by atoms with Crippen LogP contribution in [0, 0.1) is 0 Å². The van der Waals surface area contributed by atoms with Crippen molar-refractivity contribution in [2.75, 3.05) is 11.9 Å². The van der Waals surface area contributed by atoms with Gasteiger partial charge in [0.25, 0.3) is 5.56 Å². The molecule has 1 aromatic carbocycles. The highest BCUT2D eigenvalue weighted by Gasteiger charge is 2.29. The van der Waals surface area contributed by atoms with Crippen molar-refractivity contribution < 1.29 is 14.6 Å². The van der Waals surface area contributed by atoms with Crippen LogP contribution >= 0.6 is 23.2 Å². The molecule has 1 aliphatic rings. The van der Waals surface area contributed by atoms with E-state index < -0.39 is 11.7 Å². The Morgan fingerprint density at radius 1 is 1.18 bits per heavy atom. The first-order valence-corrected chi connectivity index (χ1v) is 14.5. The highest BCUT2D eigenvalue weighted by atomic mass is 35.5. The van der Waals surface area contributed by atoms with Gasteiger partial charge in [0.15, 0.2) is 0 Å². The number of pyridine rings is 2. The van der Waals surface area contributed by atoms with Gasteiger partial charge in [0.1, 0.15) is 28.8 Å². The number of ether oxygens (including phenoxy) is 1. The van der Waals surface area contributed by atoms with Gasteiger partial charge in [-0.3, -0.25) is 10.1 Å². The number of hydrogen-bond donors (Lipinski definition) is 3. The van der Waals surface area contributed by atoms with Gasteiger partial charge in [-0.25, -0.2) is 14.8 Å². The van der Waals surface area contributed by atoms with Crippen LogP contribution in [-0.2, 0) is 11.2 Å². The van der Waals surface area contributed by atoms with Crippen molar-refractivity contribution in [3.05, 3.63) is 87.0 Å². The first kappa shape index (κ1) is 29.5. The summed E-state index contributed by atoms with van der Waals surface area (Å²) < 4.78 is 8.33. The molecule has 0 aliphatic carbocycles. The van der Waals surface area contributed by atoms with Crippen molar-refractivity contribution >= 4 is 35.1 Å². The standard InChI is InChI=1S/C29H27Cl2N9O4/c1-29(2,43)9-10-44-28(42)34-23-8-3-16(14-32-23)25-26(31)36-27(35-25)22-7-5-19-11-17(12-24(41)40(19)22)20-13-18(30)4-6-21(20)39-15-33-37-38-39/h3-4,6,8,11-15,22,43H,5,7,9-10H2,1-2H3,(H,35,36)(H,32,34,42)/t22-/m0/s1. The molecule has 3 N–H and O–H groups in total. The quantitative estimate of drug-likeness (QED) is 0.216. The van der Waals surface area contributed by atoms with E-state index in [0.29, 0.717) is 57.8 Å². The van der Waals surface area contributed by atoms with E-state index in [1.54, 1.807) is 54.8 Å². The normalized spacial score (nSPS) is 14.4. The molecule has 15 heteroatoms. The largest absolute Gasteiger partial charge is 0.449 e. The fourth-order valence-electron chi connectivity index (χ4n) is 5.08. The van der Waals surface area contributed by atoms with E-state index in [2.05, 4.69) is 30.8 Å². The summed E-state index contributed by atoms with van der Waals surface area (Å²) in [5.74, 6) is 0.831. The van der Waals surface area contributed by atoms with Crippen LogP contribution in [-0.4, -0.2) is 63.1 Å². The summed E-state index contributed by atoms with van der Waals surface area (Å²) in [6, 6.07) is 11.8. The van der Waals surface area contributed by atoms with E-state index in [0.717, 1.165) is 11.3 Å². The third kappa shape index (κ3) is 6.20. The molecule has 4 aromatic heterocycles. The number of nitrogens with zero attached hydrogens (tertiary/aromatic N) is 7. The van der Waals surface area contributed by atoms with Crippen LogP contribution in [0.3, 0.4) is 0 Å². The van der Waals surface area contributed by atoms with E-state index >= 15 is 0 Å². The maximum atomic E-state index is 13.5. The second-order valence-corrected chi connectivity index (χ2v) is 11.8. The summed E-state index contributed by atoms with van der Waals surface area (Å²) in [5, 5.41) is 24.5. The number of amides is 1. The molecular formula is C29H27Cl2N9O4. The number of fused-ring (bicyclic) bond motifs is 1. The van der Waals surface area contributed by atoms with Gasteiger partial charge in [-0.05, 0) is 79.1 Å². The number of aromatic amines is 1. The molecule has 5 heterocycles. The Balaban J connectivity index is 1.21. The Hall–Kier alpha value is -4.59. The van der Waals surface area contributed by atoms with E-state index in [1.165, 1.54) is 17.2 Å². The van der Waals surface area contributed by atoms with E-state index in [4.69, 9.17) is 32.9 Å². The molecule has 1 aliphatic heterocycles. The van der Waals surface area contributed by atoms with Crippen LogP contribution in [0.15, 0.2) is 59.8 Å². The highest BCUT2D eigenvalue weighted by molar-refractivity contribution is 6.32. The Labute approximate surface area is 260 Å². The van der Waals surface area contributed by atoms with Gasteiger partial charge in [-0.2, -0.15) is 4.68 Å². The summed E-state index contributed by atoms with van der Waals surface area (Å²) in [7, 11) is 0. The molecule has 0 radical (unpaired) electrons. The third-order valence-electron chi connectivity index (χ3n) is 7.21. The average molecular weight is 637 g/mol. The van der Waals surface area contributed by atoms with Crippen LogP contribution in [0.5, 0.6) is 0 Å². The topological polar surface area (TPSA) is 166 Å². The molecule has 0 fully saturated rings. The van der Waals surface area contributed by atoms with Crippen molar-refractivity contribution in [1.29, 1.82) is 0 Å². The lowest BCUT2D eigenvalue weighted by Gasteiger charge is -2.16. The summed E-state index contributed by atoms with van der Waals surface area (Å²) in [5.41, 5.74) is 2.94. The molecule has 0 saturated heterocycles. The van der Waals surface area contributed by atoms with Crippen molar-refractivity contribution in [3.8, 4) is 28.1 Å². The van der Waals surface area contributed by atoms with Crippen LogP contribution < -0.4 is 10.9 Å². The molecule has 0 bridgehead atoms. The lowest BCUT2D eigenvalue weighted by Crippen LogP contribution is -2.24. The number of aliphatic hydroxyl groups is 1. The van der Waals surface area contributed by atoms with Crippen molar-refractivity contribution in [1.82, 2.24) is 39.7 Å². The minimum atomic E-state index is -0.933. The SMILES string of the molecule is CC(C)(O)CCOC(=O)Nc1ccc(-c2nc([C@@H]3CCc4cc(-c5cc(Cl)ccc5-n5cnnn5)cc(=O)n43)[nH]c2Cl)cn1. The number of carbonyl (C=O) groups excluding carboxylic acids is 1. The summed E-state index contributed by atoms with van der Waals surface area (Å²) >= 11 is 12.9. The van der Waals surface area contributed by atoms with Gasteiger partial charge in [0.2, 0.25) is 0 Å². The Morgan fingerprint density at radius 3 is 2.75 bits per heavy atom. The Kier molecular flexibility index (Phi) is 7.93. The highest BCUT2D eigenvalue weighted by Crippen LogP contribution is 2.36. The van der Waals surface area contributed by atoms with Gasteiger partial charge in [0, 0.05) is 40.5 Å². The molecular weight excluding hydrogens is 609 g/mol. The van der Waals surface area contributed by atoms with E-state index in [-0.39, 0.29) is 24.0 Å². The summed E-state index contributed by atoms with van der Waals surface area (Å²) in [4.78, 5) is 37.7. The number of hydrogen-bond acceptors (Lipinski definition) is 9. The van der Waals surface area contributed by atoms with Gasteiger partial charge in [-0.15, -0.1) is 5.10 Å². The average Bonchev–Trinajstić information content (AvgIpc) is 3.73. The minimum Gasteiger partial charge on any atom is -0.449 e. The van der Waals surface area contributed by atoms with Gasteiger partial charge >= 0.3 is 6.09 Å². The second-order valence-electron chi connectivity index (χ2n) is 11.0. The number of aryl methyl sites for hydroxylation is 1. The first-order valence-electron chi connectivity index (χ1n) is 13.7. The fraction of sp³-hybridized carbons (Fsp3) is 0.276. The zero-order valence-corrected chi connectivity index (χ0v) is 25.2. The Bertz CT molecular complexity index is 1880. The zero-order chi connectivity index (χ0) is 31.0. The molecule has 0 saturated carbocycles. The second kappa shape index (κ2) is 11.8. The molecule has 0 spiro atoms. The summed E-state index contributed by atoms with van der Waals surface area (Å²) in [6.07, 6.45) is 3.94. The number of imidazole rings is 1. The van der Waals surface area contributed by atoms with Crippen molar-refractivity contribution in [2.24, 2.45) is 0 Å². The molecule has 13 nitrogen and oxygen atoms in total. The predicted molar refractivity (Wildman–Crippen MR) is 163 cm³/mol. The molecule has 5 aromatic rings. The van der Waals surface area contributed by atoms with Crippen LogP contribution in [0.4, 0.5) is 10.6 Å². The predicted octanol–water partition coefficient (Wildman–Crippen LogP) is 4.83. The van der Waals surface area contributed by atoms with Crippen LogP contribution in [0.2, 0.25) is 10.2 Å². The molecule has 226 valence electrons. The number of H-pyrrole nitrogens is 1. The fourth-order valence-corrected chi connectivity index (χ4v) is 5.50. The van der Waals surface area contributed by atoms with Crippen LogP contribution in [0.1, 0.15) is 44.2 Å². The molecule has 0 unspecified atom stereocenters. The molecule has 44 heavy (non-hydrogen) atoms. The van der Waals surface area contributed by atoms with Crippen molar-refractivity contribution in [2.45, 2.75) is 44.8 Å². The lowest BCUT2D eigenvalue weighted by atomic mass is 10.0. The van der Waals surface area contributed by atoms with Crippen LogP contribution in [0.25, 0.3) is 28.1 Å². The van der Waals surface area contributed by atoms with E-state index in [9.17, 15) is 14.7 Å². The number of halogens is 2. The Morgan fingerprint density at radius 2 is 2.02 bits per heavy atom. The lowest BCUT2D eigenvalue weighted by molar-refractivity contribution is 0.0469. The molecule has 1 atom stereocenters. The smallest absolute Gasteiger partial charge is 0.412 e. The van der Waals surface area contributed by atoms with Gasteiger partial charge < -0.3 is 19.4 Å². The number of anilines is 1. The third-order valence-corrected chi connectivity index (χ3v) is 7.72. The molecule has 1 amide bonds. The minimum absolute atomic E-state index is 0.0656. The van der Waals surface area contributed by atoms with Gasteiger partial charge in [0.05, 0.1) is 23.9 Å². The monoisotopic (exact) mass is 635 g/mol. The summed E-state index contributed by atoms with van der Waals surface area (Å²) in [6.45, 7) is 3.34. The first-order chi connectivity index (χ1) is 21.1. The number of aromatic nitrogens is 8. The number of benzene rings is 1. The molecule has 6 rings (SSSR count). The number of tetrazole rings is 1. The van der Waals surface area contributed by atoms with Gasteiger partial charge in [-0.1, -0.05) is 23.2 Å². The number of nitrogens with one attached hydrogen (secondary N) is 2. The van der Waals surface area contributed by atoms with Crippen molar-refractivity contribution in [3.63, 3.8) is 0 Å². The number of carbonyl (C=O) groups is 1. The maximum absolute atomic E-state index is 13.5. The van der Waals surface area contributed by atoms with E-state index in [1.807, 2.05) is 6.07 Å². The number of rotatable bonds is 8. The zero-order valence-electron chi connectivity index (χ0n) is 23.7. The maximum Gasteiger partial charge on any atom is 0.412 e.